The van der Waals surface area contributed by atoms with Crippen molar-refractivity contribution >= 4 is 5.97 Å². The molecular weight excluding hydrogens is 148 g/mol. The van der Waals surface area contributed by atoms with Gasteiger partial charge in [0.15, 0.2) is 0 Å². The first-order valence-corrected chi connectivity index (χ1v) is 3.29. The molecule has 0 radical (unpaired) electrons. The monoisotopic (exact) mass is 160 g/mol. The van der Waals surface area contributed by atoms with Crippen LogP contribution < -0.4 is 0 Å². The Kier molecular flexibility index (Phi) is 5.42. The van der Waals surface area contributed by atoms with Crippen LogP contribution in [0.2, 0.25) is 0 Å². The van der Waals surface area contributed by atoms with Crippen LogP contribution in [0, 0.1) is 0 Å². The van der Waals surface area contributed by atoms with Crippen molar-refractivity contribution in [3.8, 4) is 0 Å². The minimum absolute atomic E-state index is 0.0150. The molecule has 0 unspecified atom stereocenters. The van der Waals surface area contributed by atoms with E-state index in [1.165, 1.54) is 0 Å². The maximum atomic E-state index is 10.7. The summed E-state index contributed by atoms with van der Waals surface area (Å²) >= 11 is 0. The maximum absolute atomic E-state index is 10.7. The number of hydrogen-bond donors (Lipinski definition) is 2. The van der Waals surface area contributed by atoms with Crippen molar-refractivity contribution in [1.82, 2.24) is 0 Å². The van der Waals surface area contributed by atoms with Gasteiger partial charge in [-0.3, -0.25) is 0 Å². The quantitative estimate of drug-likeness (QED) is 0.322. The van der Waals surface area contributed by atoms with Gasteiger partial charge < -0.3 is 14.9 Å². The van der Waals surface area contributed by atoms with Crippen molar-refractivity contribution in [3.63, 3.8) is 0 Å². The second kappa shape index (κ2) is 5.88. The second-order valence-corrected chi connectivity index (χ2v) is 1.97. The third-order valence-corrected chi connectivity index (χ3v) is 1.02. The molecule has 0 aliphatic carbocycles. The highest BCUT2D eigenvalue weighted by atomic mass is 16.5. The Morgan fingerprint density at radius 1 is 1.45 bits per heavy atom. The van der Waals surface area contributed by atoms with E-state index in [0.717, 1.165) is 0 Å². The first-order chi connectivity index (χ1) is 5.22. The van der Waals surface area contributed by atoms with Gasteiger partial charge in [-0.15, -0.1) is 0 Å². The summed E-state index contributed by atoms with van der Waals surface area (Å²) in [5.74, 6) is -0.610. The molecule has 0 rings (SSSR count). The highest BCUT2D eigenvalue weighted by molar-refractivity contribution is 5.87. The average molecular weight is 160 g/mol. The zero-order valence-electron chi connectivity index (χ0n) is 6.25. The molecule has 2 N–H and O–H groups in total. The molecule has 0 bridgehead atoms. The second-order valence-electron chi connectivity index (χ2n) is 1.97. The summed E-state index contributed by atoms with van der Waals surface area (Å²) in [6, 6.07) is 0. The third kappa shape index (κ3) is 4.52. The molecule has 11 heavy (non-hydrogen) atoms. The van der Waals surface area contributed by atoms with Crippen LogP contribution >= 0.6 is 0 Å². The normalized spacial score (nSPS) is 9.27. The molecule has 0 atom stereocenters. The molecule has 0 saturated heterocycles. The maximum Gasteiger partial charge on any atom is 0.335 e. The van der Waals surface area contributed by atoms with Crippen LogP contribution in [0.25, 0.3) is 0 Å². The number of hydrogen-bond acceptors (Lipinski definition) is 4. The van der Waals surface area contributed by atoms with Gasteiger partial charge >= 0.3 is 5.97 Å². The average Bonchev–Trinajstić information content (AvgIpc) is 2.03. The smallest absolute Gasteiger partial charge is 0.335 e. The zero-order chi connectivity index (χ0) is 8.69. The summed E-state index contributed by atoms with van der Waals surface area (Å²) in [7, 11) is 0. The van der Waals surface area contributed by atoms with Crippen molar-refractivity contribution in [2.45, 2.75) is 6.42 Å². The Morgan fingerprint density at radius 2 is 2.09 bits per heavy atom. The first kappa shape index (κ1) is 10.1. The number of aliphatic hydroxyl groups excluding tert-OH is 2. The molecule has 0 aliphatic heterocycles. The van der Waals surface area contributed by atoms with E-state index in [1.54, 1.807) is 0 Å². The Labute approximate surface area is 65.1 Å². The lowest BCUT2D eigenvalue weighted by atomic mass is 10.3. The van der Waals surface area contributed by atoms with E-state index < -0.39 is 12.6 Å². The van der Waals surface area contributed by atoms with Crippen LogP contribution in [0.5, 0.6) is 0 Å². The molecule has 0 amide bonds. The van der Waals surface area contributed by atoms with Gasteiger partial charge in [-0.05, 0) is 0 Å². The first-order valence-electron chi connectivity index (χ1n) is 3.29. The number of carbonyl (C=O) groups is 1. The minimum atomic E-state index is -0.610. The van der Waals surface area contributed by atoms with Gasteiger partial charge in [0.2, 0.25) is 0 Å². The van der Waals surface area contributed by atoms with Gasteiger partial charge in [0.25, 0.3) is 0 Å². The number of esters is 1. The summed E-state index contributed by atoms with van der Waals surface area (Å²) in [4.78, 5) is 10.7. The topological polar surface area (TPSA) is 66.8 Å². The van der Waals surface area contributed by atoms with E-state index in [1.807, 2.05) is 0 Å². The number of rotatable bonds is 5. The van der Waals surface area contributed by atoms with E-state index in [2.05, 4.69) is 11.3 Å². The number of carbonyl (C=O) groups excluding carboxylic acids is 1. The van der Waals surface area contributed by atoms with E-state index in [4.69, 9.17) is 10.2 Å². The van der Waals surface area contributed by atoms with Gasteiger partial charge in [0.05, 0.1) is 18.8 Å². The number of aliphatic hydroxyl groups is 2. The number of ether oxygens (including phenoxy) is 1. The van der Waals surface area contributed by atoms with E-state index in [9.17, 15) is 4.79 Å². The van der Waals surface area contributed by atoms with Crippen LogP contribution in [0.4, 0.5) is 0 Å². The third-order valence-electron chi connectivity index (χ3n) is 1.02. The summed E-state index contributed by atoms with van der Waals surface area (Å²) in [6.07, 6.45) is 0.407. The van der Waals surface area contributed by atoms with Gasteiger partial charge in [-0.2, -0.15) is 0 Å². The predicted molar refractivity (Wildman–Crippen MR) is 38.9 cm³/mol. The van der Waals surface area contributed by atoms with E-state index in [0.29, 0.717) is 6.42 Å². The molecule has 4 nitrogen and oxygen atoms in total. The molecule has 64 valence electrons. The van der Waals surface area contributed by atoms with Gasteiger partial charge in [-0.1, -0.05) is 6.58 Å². The van der Waals surface area contributed by atoms with Gasteiger partial charge in [0.1, 0.15) is 0 Å². The summed E-state index contributed by atoms with van der Waals surface area (Å²) in [5.41, 5.74) is 0.0305. The molecule has 0 heterocycles. The molecule has 0 aliphatic rings. The molecule has 0 spiro atoms. The standard InChI is InChI=1S/C7H12O4/c1-6(5-9)7(10)11-4-2-3-8/h8-9H,1-5H2. The van der Waals surface area contributed by atoms with E-state index >= 15 is 0 Å². The molecule has 0 fully saturated rings. The fourth-order valence-corrected chi connectivity index (χ4v) is 0.396. The summed E-state index contributed by atoms with van der Waals surface area (Å²) in [5, 5.41) is 16.7. The summed E-state index contributed by atoms with van der Waals surface area (Å²) in [6.45, 7) is 3.02. The van der Waals surface area contributed by atoms with E-state index in [-0.39, 0.29) is 18.8 Å². The van der Waals surface area contributed by atoms with Crippen molar-refractivity contribution in [1.29, 1.82) is 0 Å². The Balaban J connectivity index is 3.44. The van der Waals surface area contributed by atoms with Crippen LogP contribution in [-0.4, -0.2) is 36.0 Å². The molecule has 0 aromatic rings. The van der Waals surface area contributed by atoms with Gasteiger partial charge in [-0.25, -0.2) is 4.79 Å². The fourth-order valence-electron chi connectivity index (χ4n) is 0.396. The lowest BCUT2D eigenvalue weighted by Gasteiger charge is -2.02. The van der Waals surface area contributed by atoms with Crippen molar-refractivity contribution < 1.29 is 19.7 Å². The highest BCUT2D eigenvalue weighted by Gasteiger charge is 2.05. The largest absolute Gasteiger partial charge is 0.462 e. The highest BCUT2D eigenvalue weighted by Crippen LogP contribution is 1.93. The van der Waals surface area contributed by atoms with Crippen molar-refractivity contribution in [2.75, 3.05) is 19.8 Å². The molecule has 0 aromatic carbocycles. The lowest BCUT2D eigenvalue weighted by Crippen LogP contribution is -2.11. The van der Waals surface area contributed by atoms with Crippen LogP contribution in [0.15, 0.2) is 12.2 Å². The molecule has 4 heteroatoms. The van der Waals surface area contributed by atoms with Crippen LogP contribution in [0.1, 0.15) is 6.42 Å². The van der Waals surface area contributed by atoms with Crippen LogP contribution in [-0.2, 0) is 9.53 Å². The van der Waals surface area contributed by atoms with Crippen molar-refractivity contribution in [2.24, 2.45) is 0 Å². The minimum Gasteiger partial charge on any atom is -0.462 e. The SMILES string of the molecule is C=C(CO)C(=O)OCCCO. The Hall–Kier alpha value is -0.870. The Bertz CT molecular complexity index is 141. The lowest BCUT2D eigenvalue weighted by molar-refractivity contribution is -0.139. The predicted octanol–water partition coefficient (Wildman–Crippen LogP) is -0.540. The fraction of sp³-hybridized carbons (Fsp3) is 0.571. The van der Waals surface area contributed by atoms with Crippen molar-refractivity contribution in [3.05, 3.63) is 12.2 Å². The van der Waals surface area contributed by atoms with Crippen LogP contribution in [0.3, 0.4) is 0 Å². The molecule has 0 aromatic heterocycles. The summed E-state index contributed by atoms with van der Waals surface area (Å²) < 4.78 is 4.58. The molecular formula is C7H12O4. The Morgan fingerprint density at radius 3 is 2.55 bits per heavy atom. The van der Waals surface area contributed by atoms with Gasteiger partial charge in [0, 0.05) is 13.0 Å². The zero-order valence-corrected chi connectivity index (χ0v) is 6.25. The molecule has 0 saturated carbocycles.